The smallest absolute Gasteiger partial charge is 0.351 e. The summed E-state index contributed by atoms with van der Waals surface area (Å²) in [6.07, 6.45) is -4.61. The summed E-state index contributed by atoms with van der Waals surface area (Å²) in [6, 6.07) is 13.3. The van der Waals surface area contributed by atoms with E-state index >= 15 is 0 Å². The Hall–Kier alpha value is -3.15. The Balaban J connectivity index is 1.79. The number of aryl methyl sites for hydroxylation is 1. The van der Waals surface area contributed by atoms with Crippen LogP contribution in [0, 0.1) is 12.7 Å². The van der Waals surface area contributed by atoms with E-state index in [9.17, 15) is 26.6 Å². The summed E-state index contributed by atoms with van der Waals surface area (Å²) >= 11 is -1.79. The topological polar surface area (TPSA) is 97.1 Å². The number of carbonyl (C=O) groups excluding carboxylic acids is 1. The summed E-state index contributed by atoms with van der Waals surface area (Å²) < 4.78 is 67.5. The van der Waals surface area contributed by atoms with Crippen LogP contribution in [0.15, 0.2) is 54.6 Å². The van der Waals surface area contributed by atoms with Gasteiger partial charge in [-0.25, -0.2) is 23.4 Å². The number of pyridine rings is 1. The van der Waals surface area contributed by atoms with E-state index in [0.29, 0.717) is 16.7 Å². The average Bonchev–Trinajstić information content (AvgIpc) is 2.80. The van der Waals surface area contributed by atoms with Gasteiger partial charge in [-0.2, -0.15) is 13.2 Å². The number of hydrogen-bond acceptors (Lipinski definition) is 3. The minimum absolute atomic E-state index is 0.0432. The molecule has 2 aromatic carbocycles. The molecule has 0 radical (unpaired) electrons. The molecule has 1 amide bonds. The van der Waals surface area contributed by atoms with Crippen molar-refractivity contribution in [2.24, 2.45) is 5.14 Å². The van der Waals surface area contributed by atoms with Crippen LogP contribution >= 0.6 is 0 Å². The van der Waals surface area contributed by atoms with Gasteiger partial charge < -0.3 is 5.32 Å². The molecule has 0 saturated carbocycles. The molecule has 186 valence electrons. The number of amides is 1. The van der Waals surface area contributed by atoms with Crippen molar-refractivity contribution in [2.45, 2.75) is 39.0 Å². The quantitative estimate of drug-likeness (QED) is 0.397. The van der Waals surface area contributed by atoms with Gasteiger partial charge in [0.2, 0.25) is 5.91 Å². The molecule has 11 heteroatoms. The molecule has 35 heavy (non-hydrogen) atoms. The van der Waals surface area contributed by atoms with Crippen molar-refractivity contribution in [2.75, 3.05) is 0 Å². The lowest BCUT2D eigenvalue weighted by molar-refractivity contribution is -0.141. The molecule has 6 nitrogen and oxygen atoms in total. The fourth-order valence-corrected chi connectivity index (χ4v) is 3.74. The summed E-state index contributed by atoms with van der Waals surface area (Å²) in [5.74, 6) is -1.76. The maximum Gasteiger partial charge on any atom is 0.433 e. The number of halogens is 4. The Bertz CT molecular complexity index is 1250. The van der Waals surface area contributed by atoms with E-state index in [1.807, 2.05) is 13.0 Å². The second-order valence-electron chi connectivity index (χ2n) is 7.98. The van der Waals surface area contributed by atoms with Gasteiger partial charge in [0.1, 0.15) is 11.5 Å². The molecule has 2 atom stereocenters. The van der Waals surface area contributed by atoms with Gasteiger partial charge in [-0.15, -0.1) is 0 Å². The number of hydrogen-bond donors (Lipinski definition) is 3. The standard InChI is InChI=1S/C24H24F4N4O2S/c1-14-4-3-5-17(10-14)22-19(8-9-21(32-22)24(26,27)28)12-30-23(33)15(2)16-6-7-18(20(25)11-16)13-31-35(29)34/h3-11,15,31H,12-13,29H2,1-2H3,(H,30,33). The number of aromatic nitrogens is 1. The monoisotopic (exact) mass is 508 g/mol. The average molecular weight is 509 g/mol. The molecular weight excluding hydrogens is 484 g/mol. The molecular formula is C24H24F4N4O2S. The molecule has 0 fully saturated rings. The molecule has 0 bridgehead atoms. The highest BCUT2D eigenvalue weighted by molar-refractivity contribution is 7.80. The third-order valence-corrected chi connectivity index (χ3v) is 5.82. The third kappa shape index (κ3) is 6.93. The van der Waals surface area contributed by atoms with Crippen LogP contribution in [0.4, 0.5) is 17.6 Å². The van der Waals surface area contributed by atoms with Gasteiger partial charge in [0, 0.05) is 24.2 Å². The van der Waals surface area contributed by atoms with Gasteiger partial charge >= 0.3 is 6.18 Å². The minimum atomic E-state index is -4.61. The van der Waals surface area contributed by atoms with Crippen molar-refractivity contribution in [1.29, 1.82) is 0 Å². The Morgan fingerprint density at radius 1 is 1.09 bits per heavy atom. The first kappa shape index (κ1) is 26.5. The van der Waals surface area contributed by atoms with Crippen LogP contribution in [0.3, 0.4) is 0 Å². The Morgan fingerprint density at radius 2 is 1.80 bits per heavy atom. The van der Waals surface area contributed by atoms with Crippen molar-refractivity contribution in [1.82, 2.24) is 15.0 Å². The summed E-state index contributed by atoms with van der Waals surface area (Å²) in [5, 5.41) is 7.80. The predicted octanol–water partition coefficient (Wildman–Crippen LogP) is 4.26. The summed E-state index contributed by atoms with van der Waals surface area (Å²) in [5.41, 5.74) is 1.49. The molecule has 1 aromatic heterocycles. The number of nitrogens with zero attached hydrogens (tertiary/aromatic N) is 1. The first-order valence-electron chi connectivity index (χ1n) is 10.6. The molecule has 2 unspecified atom stereocenters. The van der Waals surface area contributed by atoms with E-state index in [1.54, 1.807) is 31.2 Å². The van der Waals surface area contributed by atoms with E-state index in [4.69, 9.17) is 5.14 Å². The number of nitrogens with one attached hydrogen (secondary N) is 2. The normalized spacial score (nSPS) is 13.3. The van der Waals surface area contributed by atoms with Crippen LogP contribution in [0.25, 0.3) is 11.3 Å². The van der Waals surface area contributed by atoms with Gasteiger partial charge in [0.15, 0.2) is 11.2 Å². The summed E-state index contributed by atoms with van der Waals surface area (Å²) in [6.45, 7) is 3.29. The Kier molecular flexibility index (Phi) is 8.36. The lowest BCUT2D eigenvalue weighted by Crippen LogP contribution is -2.28. The van der Waals surface area contributed by atoms with Crippen molar-refractivity contribution >= 4 is 17.1 Å². The SMILES string of the molecule is Cc1cccc(-c2nc(C(F)(F)F)ccc2CNC(=O)C(C)c2ccc(CNS(N)=O)c(F)c2)c1. The highest BCUT2D eigenvalue weighted by Gasteiger charge is 2.33. The Morgan fingerprint density at radius 3 is 2.43 bits per heavy atom. The number of rotatable bonds is 8. The van der Waals surface area contributed by atoms with E-state index in [2.05, 4.69) is 15.0 Å². The number of nitrogens with two attached hydrogens (primary N) is 1. The molecule has 3 aromatic rings. The highest BCUT2D eigenvalue weighted by Crippen LogP contribution is 2.31. The number of alkyl halides is 3. The molecule has 0 aliphatic rings. The van der Waals surface area contributed by atoms with Crippen LogP contribution in [-0.4, -0.2) is 15.1 Å². The second kappa shape index (κ2) is 11.1. The second-order valence-corrected chi connectivity index (χ2v) is 8.86. The summed E-state index contributed by atoms with van der Waals surface area (Å²) in [4.78, 5) is 16.6. The zero-order valence-electron chi connectivity index (χ0n) is 18.9. The molecule has 0 spiro atoms. The van der Waals surface area contributed by atoms with Crippen LogP contribution in [0.5, 0.6) is 0 Å². The zero-order chi connectivity index (χ0) is 25.8. The van der Waals surface area contributed by atoms with Crippen LogP contribution < -0.4 is 15.2 Å². The first-order chi connectivity index (χ1) is 16.5. The van der Waals surface area contributed by atoms with Gasteiger partial charge in [-0.1, -0.05) is 42.0 Å². The largest absolute Gasteiger partial charge is 0.433 e. The molecule has 4 N–H and O–H groups in total. The van der Waals surface area contributed by atoms with Gasteiger partial charge in [-0.05, 0) is 43.2 Å². The highest BCUT2D eigenvalue weighted by atomic mass is 32.2. The van der Waals surface area contributed by atoms with Crippen molar-refractivity contribution < 1.29 is 26.6 Å². The number of carbonyl (C=O) groups is 1. The van der Waals surface area contributed by atoms with E-state index < -0.39 is 40.7 Å². The molecule has 3 rings (SSSR count). The molecule has 0 aliphatic heterocycles. The molecule has 0 saturated heterocycles. The van der Waals surface area contributed by atoms with Gasteiger partial charge in [0.05, 0.1) is 11.6 Å². The van der Waals surface area contributed by atoms with Crippen LogP contribution in [-0.2, 0) is 35.2 Å². The summed E-state index contributed by atoms with van der Waals surface area (Å²) in [7, 11) is 0. The van der Waals surface area contributed by atoms with E-state index in [0.717, 1.165) is 11.6 Å². The maximum atomic E-state index is 14.4. The van der Waals surface area contributed by atoms with Gasteiger partial charge in [0.25, 0.3) is 0 Å². The van der Waals surface area contributed by atoms with Gasteiger partial charge in [-0.3, -0.25) is 4.79 Å². The lowest BCUT2D eigenvalue weighted by atomic mass is 9.98. The van der Waals surface area contributed by atoms with Crippen molar-refractivity contribution in [3.05, 3.63) is 88.4 Å². The first-order valence-corrected chi connectivity index (χ1v) is 11.8. The minimum Gasteiger partial charge on any atom is -0.351 e. The van der Waals surface area contributed by atoms with Crippen molar-refractivity contribution in [3.63, 3.8) is 0 Å². The van der Waals surface area contributed by atoms with E-state index in [1.165, 1.54) is 18.2 Å². The predicted molar refractivity (Wildman–Crippen MR) is 125 cm³/mol. The molecule has 1 heterocycles. The van der Waals surface area contributed by atoms with Crippen LogP contribution in [0.2, 0.25) is 0 Å². The maximum absolute atomic E-state index is 14.4. The Labute approximate surface area is 202 Å². The fraction of sp³-hybridized carbons (Fsp3) is 0.250. The number of benzene rings is 2. The fourth-order valence-electron chi connectivity index (χ4n) is 3.44. The zero-order valence-corrected chi connectivity index (χ0v) is 19.8. The molecule has 0 aliphatic carbocycles. The third-order valence-electron chi connectivity index (χ3n) is 5.39. The lowest BCUT2D eigenvalue weighted by Gasteiger charge is -2.16. The van der Waals surface area contributed by atoms with Crippen molar-refractivity contribution in [3.8, 4) is 11.3 Å². The van der Waals surface area contributed by atoms with E-state index in [-0.39, 0.29) is 24.3 Å². The van der Waals surface area contributed by atoms with Crippen LogP contribution in [0.1, 0.15) is 40.8 Å².